The summed E-state index contributed by atoms with van der Waals surface area (Å²) in [7, 11) is 0. The van der Waals surface area contributed by atoms with E-state index >= 15 is 0 Å². The molecule has 0 fully saturated rings. The molecule has 0 saturated carbocycles. The standard InChI is InChI=1S/C34H36N4O5/c1-3-5-15-35-32(41)24-17-25(33(42)36-16-6-4-2)19-26(18-24)38-34(43)23-12-14-31(40)29(20-23)37-21-28-27-10-8-7-9-22(27)11-13-30(28)39/h7-14,17-21,39-40H,3-6,15-16H2,1-2H3,(H,35,41)(H,36,42)(H,38,43). The van der Waals surface area contributed by atoms with Crippen LogP contribution in [0.1, 0.15) is 76.2 Å². The molecule has 0 aliphatic heterocycles. The van der Waals surface area contributed by atoms with Gasteiger partial charge in [0.25, 0.3) is 17.7 Å². The maximum absolute atomic E-state index is 13.3. The van der Waals surface area contributed by atoms with Crippen molar-refractivity contribution in [3.05, 3.63) is 95.1 Å². The second-order valence-corrected chi connectivity index (χ2v) is 10.2. The van der Waals surface area contributed by atoms with Crippen LogP contribution < -0.4 is 16.0 Å². The van der Waals surface area contributed by atoms with Crippen molar-refractivity contribution in [2.75, 3.05) is 18.4 Å². The number of benzene rings is 4. The zero-order chi connectivity index (χ0) is 30.8. The average molecular weight is 581 g/mol. The van der Waals surface area contributed by atoms with Crippen molar-refractivity contribution in [2.45, 2.75) is 39.5 Å². The molecule has 9 nitrogen and oxygen atoms in total. The molecular weight excluding hydrogens is 544 g/mol. The molecule has 4 rings (SSSR count). The number of fused-ring (bicyclic) bond motifs is 1. The van der Waals surface area contributed by atoms with Gasteiger partial charge in [0.2, 0.25) is 0 Å². The minimum Gasteiger partial charge on any atom is -0.507 e. The van der Waals surface area contributed by atoms with Crippen molar-refractivity contribution in [1.29, 1.82) is 0 Å². The molecule has 0 spiro atoms. The van der Waals surface area contributed by atoms with Gasteiger partial charge in [-0.15, -0.1) is 0 Å². The predicted octanol–water partition coefficient (Wildman–Crippen LogP) is 6.31. The van der Waals surface area contributed by atoms with Crippen molar-refractivity contribution in [2.24, 2.45) is 4.99 Å². The molecule has 0 bridgehead atoms. The molecule has 3 amide bonds. The van der Waals surface area contributed by atoms with E-state index in [1.807, 2.05) is 38.1 Å². The number of carbonyl (C=O) groups is 3. The quantitative estimate of drug-likeness (QED) is 0.0986. The Labute approximate surface area is 250 Å². The molecule has 222 valence electrons. The first kappa shape index (κ1) is 30.8. The highest BCUT2D eigenvalue weighted by Gasteiger charge is 2.16. The van der Waals surface area contributed by atoms with E-state index in [-0.39, 0.29) is 51.4 Å². The lowest BCUT2D eigenvalue weighted by Gasteiger charge is -2.12. The van der Waals surface area contributed by atoms with E-state index in [0.717, 1.165) is 36.5 Å². The largest absolute Gasteiger partial charge is 0.507 e. The summed E-state index contributed by atoms with van der Waals surface area (Å²) >= 11 is 0. The highest BCUT2D eigenvalue weighted by molar-refractivity contribution is 6.08. The lowest BCUT2D eigenvalue weighted by Crippen LogP contribution is -2.27. The first-order chi connectivity index (χ1) is 20.8. The van der Waals surface area contributed by atoms with Gasteiger partial charge < -0.3 is 26.2 Å². The second kappa shape index (κ2) is 14.6. The van der Waals surface area contributed by atoms with Gasteiger partial charge >= 0.3 is 0 Å². The molecule has 9 heteroatoms. The number of hydrogen-bond acceptors (Lipinski definition) is 6. The number of unbranched alkanes of at least 4 members (excludes halogenated alkanes) is 2. The number of carbonyl (C=O) groups excluding carboxylic acids is 3. The van der Waals surface area contributed by atoms with Gasteiger partial charge in [-0.05, 0) is 66.1 Å². The van der Waals surface area contributed by atoms with Crippen LogP contribution in [-0.2, 0) is 0 Å². The van der Waals surface area contributed by atoms with Crippen LogP contribution in [0.15, 0.2) is 77.8 Å². The third-order valence-electron chi connectivity index (χ3n) is 6.87. The molecule has 4 aromatic carbocycles. The smallest absolute Gasteiger partial charge is 0.255 e. The molecule has 4 aromatic rings. The van der Waals surface area contributed by atoms with Crippen LogP contribution in [0, 0.1) is 0 Å². The molecular formula is C34H36N4O5. The highest BCUT2D eigenvalue weighted by Crippen LogP contribution is 2.30. The number of phenols is 2. The molecule has 0 atom stereocenters. The van der Waals surface area contributed by atoms with Crippen LogP contribution in [0.3, 0.4) is 0 Å². The van der Waals surface area contributed by atoms with Crippen molar-refractivity contribution in [3.63, 3.8) is 0 Å². The van der Waals surface area contributed by atoms with E-state index in [4.69, 9.17) is 0 Å². The van der Waals surface area contributed by atoms with Gasteiger partial charge in [-0.3, -0.25) is 19.4 Å². The summed E-state index contributed by atoms with van der Waals surface area (Å²) in [6, 6.07) is 19.7. The number of anilines is 1. The van der Waals surface area contributed by atoms with Gasteiger partial charge in [-0.1, -0.05) is 57.0 Å². The number of amides is 3. The van der Waals surface area contributed by atoms with Crippen LogP contribution in [0.4, 0.5) is 11.4 Å². The fourth-order valence-corrected chi connectivity index (χ4v) is 4.45. The summed E-state index contributed by atoms with van der Waals surface area (Å²) < 4.78 is 0. The first-order valence-corrected chi connectivity index (χ1v) is 14.4. The zero-order valence-electron chi connectivity index (χ0n) is 24.3. The van der Waals surface area contributed by atoms with Gasteiger partial charge in [-0.25, -0.2) is 0 Å². The highest BCUT2D eigenvalue weighted by atomic mass is 16.3. The fourth-order valence-electron chi connectivity index (χ4n) is 4.45. The third-order valence-corrected chi connectivity index (χ3v) is 6.87. The lowest BCUT2D eigenvalue weighted by molar-refractivity contribution is 0.0951. The van der Waals surface area contributed by atoms with Crippen LogP contribution in [0.5, 0.6) is 11.5 Å². The van der Waals surface area contributed by atoms with Crippen LogP contribution in [0.25, 0.3) is 10.8 Å². The first-order valence-electron chi connectivity index (χ1n) is 14.4. The predicted molar refractivity (Wildman–Crippen MR) is 170 cm³/mol. The third kappa shape index (κ3) is 7.97. The van der Waals surface area contributed by atoms with E-state index in [1.54, 1.807) is 12.1 Å². The molecule has 0 unspecified atom stereocenters. The molecule has 43 heavy (non-hydrogen) atoms. The normalized spacial score (nSPS) is 11.0. The summed E-state index contributed by atoms with van der Waals surface area (Å²) in [4.78, 5) is 43.3. The lowest BCUT2D eigenvalue weighted by atomic mass is 10.0. The average Bonchev–Trinajstić information content (AvgIpc) is 3.01. The summed E-state index contributed by atoms with van der Waals surface area (Å²) in [6.07, 6.45) is 4.92. The Hall–Kier alpha value is -5.18. The Morgan fingerprint density at radius 1 is 0.721 bits per heavy atom. The van der Waals surface area contributed by atoms with Crippen molar-refractivity contribution in [1.82, 2.24) is 10.6 Å². The van der Waals surface area contributed by atoms with Crippen LogP contribution in [0.2, 0.25) is 0 Å². The number of phenolic OH excluding ortho intramolecular Hbond substituents is 2. The topological polar surface area (TPSA) is 140 Å². The molecule has 0 aliphatic rings. The van der Waals surface area contributed by atoms with Gasteiger partial charge in [0, 0.05) is 47.2 Å². The van der Waals surface area contributed by atoms with Gasteiger partial charge in [-0.2, -0.15) is 0 Å². The van der Waals surface area contributed by atoms with Gasteiger partial charge in [0.1, 0.15) is 17.2 Å². The molecule has 5 N–H and O–H groups in total. The Balaban J connectivity index is 1.60. The minimum atomic E-state index is -0.523. The molecule has 0 aliphatic carbocycles. The minimum absolute atomic E-state index is 0.0315. The maximum atomic E-state index is 13.3. The molecule has 0 saturated heterocycles. The number of aliphatic imine (C=N–C) groups is 1. The summed E-state index contributed by atoms with van der Waals surface area (Å²) in [5.74, 6) is -1.33. The summed E-state index contributed by atoms with van der Waals surface area (Å²) in [6.45, 7) is 5.04. The number of nitrogens with one attached hydrogen (secondary N) is 3. The van der Waals surface area contributed by atoms with Gasteiger partial charge in [0.05, 0.1) is 0 Å². The van der Waals surface area contributed by atoms with Crippen molar-refractivity contribution in [3.8, 4) is 11.5 Å². The van der Waals surface area contributed by atoms with E-state index in [0.29, 0.717) is 18.7 Å². The van der Waals surface area contributed by atoms with E-state index < -0.39 is 5.91 Å². The van der Waals surface area contributed by atoms with E-state index in [2.05, 4.69) is 20.9 Å². The second-order valence-electron chi connectivity index (χ2n) is 10.2. The molecule has 0 heterocycles. The SMILES string of the molecule is CCCCNC(=O)c1cc(NC(=O)c2ccc(O)c(N=Cc3c(O)ccc4ccccc34)c2)cc(C(=O)NCCCC)c1. The number of nitrogens with zero attached hydrogens (tertiary/aromatic N) is 1. The van der Waals surface area contributed by atoms with Crippen molar-refractivity contribution < 1.29 is 24.6 Å². The van der Waals surface area contributed by atoms with Gasteiger partial charge in [0.15, 0.2) is 0 Å². The number of rotatable bonds is 12. The Kier molecular flexibility index (Phi) is 10.5. The van der Waals surface area contributed by atoms with E-state index in [1.165, 1.54) is 42.6 Å². The molecule has 0 aromatic heterocycles. The Morgan fingerprint density at radius 3 is 2.00 bits per heavy atom. The van der Waals surface area contributed by atoms with E-state index in [9.17, 15) is 24.6 Å². The summed E-state index contributed by atoms with van der Waals surface area (Å²) in [5, 5.41) is 31.0. The number of aromatic hydroxyl groups is 2. The molecule has 0 radical (unpaired) electrons. The van der Waals surface area contributed by atoms with Crippen LogP contribution in [-0.4, -0.2) is 47.2 Å². The number of hydrogen-bond donors (Lipinski definition) is 5. The fraction of sp³-hybridized carbons (Fsp3) is 0.235. The Morgan fingerprint density at radius 2 is 1.35 bits per heavy atom. The zero-order valence-corrected chi connectivity index (χ0v) is 24.3. The summed E-state index contributed by atoms with van der Waals surface area (Å²) in [5.41, 5.74) is 1.57. The maximum Gasteiger partial charge on any atom is 0.255 e. The van der Waals surface area contributed by atoms with Crippen LogP contribution >= 0.6 is 0 Å². The van der Waals surface area contributed by atoms with Crippen molar-refractivity contribution >= 4 is 46.1 Å². The Bertz CT molecular complexity index is 1620. The monoisotopic (exact) mass is 580 g/mol.